The number of aliphatic hydroxyl groups excluding tert-OH is 1. The molecule has 5 rings (SSSR count). The van der Waals surface area contributed by atoms with E-state index in [-0.39, 0.29) is 29.2 Å². The molecule has 1 saturated heterocycles. The van der Waals surface area contributed by atoms with Gasteiger partial charge in [0.1, 0.15) is 28.6 Å². The van der Waals surface area contributed by atoms with Crippen LogP contribution < -0.4 is 9.47 Å². The lowest BCUT2D eigenvalue weighted by Gasteiger charge is -2.26. The minimum absolute atomic E-state index is 0.0360. The molecule has 37 heavy (non-hydrogen) atoms. The number of Topliss-reactive ketones (excluding diaryl/α,β-unsaturated/α-hetero) is 1. The van der Waals surface area contributed by atoms with Crippen LogP contribution in [-0.4, -0.2) is 40.9 Å². The maximum Gasteiger partial charge on any atom is 0.295 e. The van der Waals surface area contributed by atoms with Crippen LogP contribution in [0.4, 0.5) is 4.39 Å². The van der Waals surface area contributed by atoms with Gasteiger partial charge < -0.3 is 24.5 Å². The minimum atomic E-state index is -0.921. The van der Waals surface area contributed by atoms with E-state index < -0.39 is 29.3 Å². The third-order valence-electron chi connectivity index (χ3n) is 6.69. The fourth-order valence-electron chi connectivity index (χ4n) is 5.00. The molecule has 0 bridgehead atoms. The number of aromatic nitrogens is 1. The van der Waals surface area contributed by atoms with Crippen LogP contribution in [0.15, 0.2) is 72.3 Å². The van der Waals surface area contributed by atoms with Gasteiger partial charge in [-0.15, -0.1) is 0 Å². The number of ketones is 1. The molecule has 0 aliphatic carbocycles. The number of aliphatic hydroxyl groups is 1. The lowest BCUT2D eigenvalue weighted by atomic mass is 9.92. The van der Waals surface area contributed by atoms with Crippen LogP contribution in [0, 0.1) is 12.7 Å². The first kappa shape index (κ1) is 24.1. The Bertz CT molecular complexity index is 1530. The van der Waals surface area contributed by atoms with Crippen LogP contribution >= 0.6 is 0 Å². The Balaban J connectivity index is 1.78. The molecule has 1 amide bonds. The van der Waals surface area contributed by atoms with E-state index in [1.807, 2.05) is 31.2 Å². The Kier molecular flexibility index (Phi) is 6.17. The van der Waals surface area contributed by atoms with E-state index in [1.165, 1.54) is 31.3 Å². The van der Waals surface area contributed by atoms with Crippen molar-refractivity contribution in [3.05, 3.63) is 101 Å². The number of carbonyl (C=O) groups excluding carboxylic acids is 2. The number of methoxy groups -OCH3 is 2. The smallest absolute Gasteiger partial charge is 0.295 e. The van der Waals surface area contributed by atoms with Crippen LogP contribution in [0.1, 0.15) is 28.4 Å². The van der Waals surface area contributed by atoms with Crippen LogP contribution in [0.2, 0.25) is 0 Å². The summed E-state index contributed by atoms with van der Waals surface area (Å²) in [6.07, 6.45) is 0. The fourth-order valence-corrected chi connectivity index (χ4v) is 5.00. The molecule has 188 valence electrons. The summed E-state index contributed by atoms with van der Waals surface area (Å²) >= 11 is 0. The molecule has 4 aromatic rings. The van der Waals surface area contributed by atoms with Gasteiger partial charge in [-0.05, 0) is 42.8 Å². The number of likely N-dealkylation sites (tertiary alicyclic amines) is 1. The number of benzene rings is 3. The Hall–Kier alpha value is -4.59. The van der Waals surface area contributed by atoms with Gasteiger partial charge in [0.25, 0.3) is 11.7 Å². The molecule has 7 nitrogen and oxygen atoms in total. The summed E-state index contributed by atoms with van der Waals surface area (Å²) in [6.45, 7) is 1.89. The second kappa shape index (κ2) is 9.46. The number of fused-ring (bicyclic) bond motifs is 1. The summed E-state index contributed by atoms with van der Waals surface area (Å²) in [5.74, 6) is -1.83. The van der Waals surface area contributed by atoms with Crippen molar-refractivity contribution >= 4 is 28.4 Å². The molecule has 1 unspecified atom stereocenters. The predicted molar refractivity (Wildman–Crippen MR) is 137 cm³/mol. The number of nitrogens with zero attached hydrogens (tertiary/aromatic N) is 1. The van der Waals surface area contributed by atoms with Crippen molar-refractivity contribution in [1.29, 1.82) is 0 Å². The van der Waals surface area contributed by atoms with Gasteiger partial charge in [0.15, 0.2) is 0 Å². The van der Waals surface area contributed by atoms with Gasteiger partial charge in [-0.3, -0.25) is 9.59 Å². The van der Waals surface area contributed by atoms with E-state index in [0.29, 0.717) is 11.1 Å². The molecule has 0 spiro atoms. The molecule has 2 heterocycles. The van der Waals surface area contributed by atoms with Crippen molar-refractivity contribution in [2.75, 3.05) is 14.2 Å². The Morgan fingerprint density at radius 3 is 2.27 bits per heavy atom. The Morgan fingerprint density at radius 2 is 1.62 bits per heavy atom. The Morgan fingerprint density at radius 1 is 0.973 bits per heavy atom. The molecule has 1 aromatic heterocycles. The van der Waals surface area contributed by atoms with Crippen molar-refractivity contribution < 1.29 is 28.6 Å². The van der Waals surface area contributed by atoms with Gasteiger partial charge in [-0.25, -0.2) is 4.39 Å². The van der Waals surface area contributed by atoms with Gasteiger partial charge in [-0.1, -0.05) is 36.4 Å². The van der Waals surface area contributed by atoms with Crippen molar-refractivity contribution in [3.8, 4) is 11.5 Å². The zero-order chi connectivity index (χ0) is 26.3. The number of aryl methyl sites for hydroxylation is 1. The maximum atomic E-state index is 13.6. The van der Waals surface area contributed by atoms with E-state index in [4.69, 9.17) is 9.47 Å². The average Bonchev–Trinajstić information content (AvgIpc) is 3.36. The fraction of sp³-hybridized carbons (Fsp3) is 0.172. The number of H-pyrrole nitrogens is 1. The number of ether oxygens (including phenoxy) is 2. The van der Waals surface area contributed by atoms with E-state index >= 15 is 0 Å². The van der Waals surface area contributed by atoms with E-state index in [0.717, 1.165) is 16.6 Å². The average molecular weight is 501 g/mol. The van der Waals surface area contributed by atoms with Crippen LogP contribution in [-0.2, 0) is 16.1 Å². The second-order valence-corrected chi connectivity index (χ2v) is 8.80. The highest BCUT2D eigenvalue weighted by molar-refractivity contribution is 6.46. The number of hydrogen-bond donors (Lipinski definition) is 2. The highest BCUT2D eigenvalue weighted by Crippen LogP contribution is 2.46. The number of carbonyl (C=O) groups is 2. The Labute approximate surface area is 212 Å². The number of nitrogens with one attached hydrogen (secondary N) is 1. The number of rotatable bonds is 6. The van der Waals surface area contributed by atoms with Gasteiger partial charge in [0.2, 0.25) is 0 Å². The van der Waals surface area contributed by atoms with Crippen molar-refractivity contribution in [3.63, 3.8) is 0 Å². The molecule has 0 saturated carbocycles. The zero-order valence-corrected chi connectivity index (χ0v) is 20.5. The highest BCUT2D eigenvalue weighted by atomic mass is 19.1. The van der Waals surface area contributed by atoms with E-state index in [1.54, 1.807) is 30.3 Å². The van der Waals surface area contributed by atoms with E-state index in [9.17, 15) is 19.1 Å². The van der Waals surface area contributed by atoms with Crippen LogP contribution in [0.25, 0.3) is 16.7 Å². The number of halogens is 1. The normalized spacial score (nSPS) is 17.0. The summed E-state index contributed by atoms with van der Waals surface area (Å²) in [5, 5.41) is 12.5. The van der Waals surface area contributed by atoms with Gasteiger partial charge >= 0.3 is 0 Å². The minimum Gasteiger partial charge on any atom is -0.506 e. The maximum absolute atomic E-state index is 13.6. The quantitative estimate of drug-likeness (QED) is 0.214. The van der Waals surface area contributed by atoms with Crippen LogP contribution in [0.3, 0.4) is 0 Å². The number of hydrogen-bond acceptors (Lipinski definition) is 5. The summed E-state index contributed by atoms with van der Waals surface area (Å²) in [4.78, 5) is 31.8. The lowest BCUT2D eigenvalue weighted by molar-refractivity contribution is -0.140. The van der Waals surface area contributed by atoms with Gasteiger partial charge in [0.05, 0.1) is 25.8 Å². The van der Waals surface area contributed by atoms with Crippen molar-refractivity contribution in [2.24, 2.45) is 0 Å². The molecular weight excluding hydrogens is 475 g/mol. The predicted octanol–water partition coefficient (Wildman–Crippen LogP) is 5.25. The molecular formula is C29H25FN2O5. The highest BCUT2D eigenvalue weighted by Gasteiger charge is 2.48. The monoisotopic (exact) mass is 500 g/mol. The first-order valence-corrected chi connectivity index (χ1v) is 11.7. The number of aromatic amines is 1. The lowest BCUT2D eigenvalue weighted by Crippen LogP contribution is -2.29. The molecule has 1 atom stereocenters. The zero-order valence-electron chi connectivity index (χ0n) is 20.5. The standard InChI is InChI=1S/C29H25FN2O5/c1-16-23(19-7-4-5-8-20(19)31-16)26-25(27(33)24-21(36-2)9-6-10-22(24)37-3)28(34)29(35)32(26)15-17-11-13-18(30)14-12-17/h4-14,26,31,33H,15H2,1-3H3/b27-25+. The largest absolute Gasteiger partial charge is 0.506 e. The third kappa shape index (κ3) is 4.00. The first-order valence-electron chi connectivity index (χ1n) is 11.7. The van der Waals surface area contributed by atoms with Crippen molar-refractivity contribution in [1.82, 2.24) is 9.88 Å². The summed E-state index contributed by atoms with van der Waals surface area (Å²) < 4.78 is 24.5. The summed E-state index contributed by atoms with van der Waals surface area (Å²) in [5.41, 5.74) is 3.00. The van der Waals surface area contributed by atoms with Crippen LogP contribution in [0.5, 0.6) is 11.5 Å². The molecule has 3 aromatic carbocycles. The topological polar surface area (TPSA) is 91.9 Å². The second-order valence-electron chi connectivity index (χ2n) is 8.80. The number of amides is 1. The van der Waals surface area contributed by atoms with Crippen molar-refractivity contribution in [2.45, 2.75) is 19.5 Å². The molecule has 8 heteroatoms. The summed E-state index contributed by atoms with van der Waals surface area (Å²) in [6, 6.07) is 17.3. The molecule has 1 aliphatic rings. The van der Waals surface area contributed by atoms with Gasteiger partial charge in [0, 0.05) is 28.7 Å². The molecule has 1 fully saturated rings. The molecule has 2 N–H and O–H groups in total. The third-order valence-corrected chi connectivity index (χ3v) is 6.69. The number of para-hydroxylation sites is 1. The molecule has 0 radical (unpaired) electrons. The first-order chi connectivity index (χ1) is 17.8. The molecule has 1 aliphatic heterocycles. The SMILES string of the molecule is COc1cccc(OC)c1/C(O)=C1\C(=O)C(=O)N(Cc2ccc(F)cc2)C1c1c(C)[nH]c2ccccc12. The van der Waals surface area contributed by atoms with E-state index in [2.05, 4.69) is 4.98 Å². The summed E-state index contributed by atoms with van der Waals surface area (Å²) in [7, 11) is 2.89. The van der Waals surface area contributed by atoms with Gasteiger partial charge in [-0.2, -0.15) is 0 Å².